The third kappa shape index (κ3) is 7.71. The molecule has 2 amide bonds. The van der Waals surface area contributed by atoms with Gasteiger partial charge in [-0.15, -0.1) is 0 Å². The summed E-state index contributed by atoms with van der Waals surface area (Å²) in [7, 11) is 3.05. The van der Waals surface area contributed by atoms with Gasteiger partial charge in [0, 0.05) is 45.9 Å². The van der Waals surface area contributed by atoms with Gasteiger partial charge in [-0.05, 0) is 39.3 Å². The third-order valence-corrected chi connectivity index (χ3v) is 5.67. The van der Waals surface area contributed by atoms with Crippen molar-refractivity contribution in [3.63, 3.8) is 0 Å². The number of rotatable bonds is 10. The Morgan fingerprint density at radius 1 is 1.00 bits per heavy atom. The highest BCUT2D eigenvalue weighted by molar-refractivity contribution is 6.36. The van der Waals surface area contributed by atoms with Gasteiger partial charge in [0.1, 0.15) is 23.3 Å². The van der Waals surface area contributed by atoms with Crippen molar-refractivity contribution in [2.24, 2.45) is 0 Å². The number of carbonyl (C=O) groups excluding carboxylic acids is 2. The quantitative estimate of drug-likeness (QED) is 0.480. The lowest BCUT2D eigenvalue weighted by atomic mass is 10.1. The van der Waals surface area contributed by atoms with E-state index in [0.717, 1.165) is 0 Å². The Bertz CT molecular complexity index is 965. The summed E-state index contributed by atoms with van der Waals surface area (Å²) >= 11 is 12.7. The highest BCUT2D eigenvalue weighted by Gasteiger charge is 2.31. The molecule has 1 N–H and O–H groups in total. The van der Waals surface area contributed by atoms with Crippen LogP contribution in [0.2, 0.25) is 10.0 Å². The number of hydrogen-bond donors (Lipinski definition) is 1. The Balaban J connectivity index is 2.34. The third-order valence-electron chi connectivity index (χ3n) is 4.96. The Hall–Kier alpha value is -2.64. The average molecular weight is 511 g/mol. The van der Waals surface area contributed by atoms with E-state index < -0.39 is 17.5 Å². The van der Waals surface area contributed by atoms with E-state index in [1.807, 2.05) is 27.7 Å². The fourth-order valence-electron chi connectivity index (χ4n) is 3.32. The summed E-state index contributed by atoms with van der Waals surface area (Å²) in [4.78, 5) is 27.9. The van der Waals surface area contributed by atoms with Gasteiger partial charge in [0.2, 0.25) is 5.91 Å². The van der Waals surface area contributed by atoms with Gasteiger partial charge in [0.15, 0.2) is 6.61 Å². The van der Waals surface area contributed by atoms with Crippen molar-refractivity contribution in [2.75, 3.05) is 20.8 Å². The molecule has 2 aromatic rings. The van der Waals surface area contributed by atoms with Crippen LogP contribution in [0.25, 0.3) is 0 Å². The maximum atomic E-state index is 13.4. The number of ether oxygens (including phenoxy) is 3. The maximum absolute atomic E-state index is 13.4. The number of amides is 2. The van der Waals surface area contributed by atoms with Crippen molar-refractivity contribution >= 4 is 35.0 Å². The normalized spacial score (nSPS) is 12.0. The Morgan fingerprint density at radius 2 is 1.53 bits per heavy atom. The lowest BCUT2D eigenvalue weighted by Gasteiger charge is -2.33. The van der Waals surface area contributed by atoms with E-state index >= 15 is 0 Å². The van der Waals surface area contributed by atoms with Crippen LogP contribution in [0.5, 0.6) is 17.2 Å². The van der Waals surface area contributed by atoms with E-state index in [9.17, 15) is 9.59 Å². The van der Waals surface area contributed by atoms with E-state index in [2.05, 4.69) is 5.32 Å². The number of nitrogens with one attached hydrogen (secondary N) is 1. The first-order valence-corrected chi connectivity index (χ1v) is 11.6. The standard InChI is InChI=1S/C25H32Cl2N2O5/c1-7-22(24(31)28-25(2,3)4)29(14-19-20(26)9-8-10-21(19)27)23(30)15-34-18-12-16(32-5)11-17(13-18)33-6/h8-13,22H,7,14-15H2,1-6H3,(H,28,31)/t22-/m0/s1. The van der Waals surface area contributed by atoms with Crippen LogP contribution in [-0.4, -0.2) is 49.1 Å². The Morgan fingerprint density at radius 3 is 2.00 bits per heavy atom. The highest BCUT2D eigenvalue weighted by Crippen LogP contribution is 2.29. The van der Waals surface area contributed by atoms with Crippen molar-refractivity contribution in [1.29, 1.82) is 0 Å². The number of nitrogens with zero attached hydrogens (tertiary/aromatic N) is 1. The summed E-state index contributed by atoms with van der Waals surface area (Å²) in [6.07, 6.45) is 0.392. The molecule has 34 heavy (non-hydrogen) atoms. The van der Waals surface area contributed by atoms with Gasteiger partial charge in [-0.25, -0.2) is 0 Å². The summed E-state index contributed by atoms with van der Waals surface area (Å²) in [5, 5.41) is 3.78. The molecule has 0 saturated heterocycles. The first-order valence-electron chi connectivity index (χ1n) is 10.9. The zero-order chi connectivity index (χ0) is 25.5. The molecule has 1 atom stereocenters. The smallest absolute Gasteiger partial charge is 0.261 e. The van der Waals surface area contributed by atoms with Crippen LogP contribution in [0.4, 0.5) is 0 Å². The molecule has 0 saturated carbocycles. The molecule has 0 unspecified atom stereocenters. The minimum atomic E-state index is -0.748. The lowest BCUT2D eigenvalue weighted by Crippen LogP contribution is -2.54. The summed E-state index contributed by atoms with van der Waals surface area (Å²) < 4.78 is 16.3. The van der Waals surface area contributed by atoms with Gasteiger partial charge in [-0.1, -0.05) is 36.2 Å². The molecular weight excluding hydrogens is 479 g/mol. The number of hydrogen-bond acceptors (Lipinski definition) is 5. The monoisotopic (exact) mass is 510 g/mol. The Labute approximate surface area is 211 Å². The summed E-state index contributed by atoms with van der Waals surface area (Å²) in [5.74, 6) is 0.783. The minimum Gasteiger partial charge on any atom is -0.496 e. The molecule has 0 spiro atoms. The first kappa shape index (κ1) is 27.6. The molecule has 0 heterocycles. The molecule has 0 aromatic heterocycles. The van der Waals surface area contributed by atoms with Crippen LogP contribution in [0.15, 0.2) is 36.4 Å². The summed E-state index contributed by atoms with van der Waals surface area (Å²) in [6.45, 7) is 7.24. The van der Waals surface area contributed by atoms with Crippen LogP contribution in [0, 0.1) is 0 Å². The van der Waals surface area contributed by atoms with Crippen molar-refractivity contribution in [3.05, 3.63) is 52.0 Å². The van der Waals surface area contributed by atoms with Gasteiger partial charge < -0.3 is 24.4 Å². The van der Waals surface area contributed by atoms with E-state index in [4.69, 9.17) is 37.4 Å². The zero-order valence-electron chi connectivity index (χ0n) is 20.4. The molecule has 0 radical (unpaired) electrons. The molecule has 7 nitrogen and oxygen atoms in total. The zero-order valence-corrected chi connectivity index (χ0v) is 21.9. The van der Waals surface area contributed by atoms with Gasteiger partial charge in [0.05, 0.1) is 14.2 Å². The first-order chi connectivity index (χ1) is 16.0. The molecular formula is C25H32Cl2N2O5. The molecule has 0 aliphatic carbocycles. The van der Waals surface area contributed by atoms with E-state index in [1.54, 1.807) is 36.4 Å². The second kappa shape index (κ2) is 12.2. The van der Waals surface area contributed by atoms with Crippen molar-refractivity contribution < 1.29 is 23.8 Å². The van der Waals surface area contributed by atoms with Gasteiger partial charge in [-0.2, -0.15) is 0 Å². The van der Waals surface area contributed by atoms with Crippen LogP contribution in [0.3, 0.4) is 0 Å². The topological polar surface area (TPSA) is 77.1 Å². The van der Waals surface area contributed by atoms with E-state index in [-0.39, 0.29) is 19.1 Å². The largest absolute Gasteiger partial charge is 0.496 e. The predicted octanol–water partition coefficient (Wildman–Crippen LogP) is 5.11. The fraction of sp³-hybridized carbons (Fsp3) is 0.440. The minimum absolute atomic E-state index is 0.0538. The Kier molecular flexibility index (Phi) is 9.89. The molecule has 2 aromatic carbocycles. The number of benzene rings is 2. The molecule has 2 rings (SSSR count). The van der Waals surface area contributed by atoms with Crippen molar-refractivity contribution in [2.45, 2.75) is 52.2 Å². The predicted molar refractivity (Wildman–Crippen MR) is 134 cm³/mol. The van der Waals surface area contributed by atoms with Crippen molar-refractivity contribution in [1.82, 2.24) is 10.2 Å². The fourth-order valence-corrected chi connectivity index (χ4v) is 3.84. The number of methoxy groups -OCH3 is 2. The van der Waals surface area contributed by atoms with Crippen LogP contribution < -0.4 is 19.5 Å². The maximum Gasteiger partial charge on any atom is 0.261 e. The molecule has 186 valence electrons. The average Bonchev–Trinajstić information content (AvgIpc) is 2.77. The second-order valence-corrected chi connectivity index (χ2v) is 9.54. The van der Waals surface area contributed by atoms with Gasteiger partial charge in [0.25, 0.3) is 5.91 Å². The van der Waals surface area contributed by atoms with Crippen LogP contribution >= 0.6 is 23.2 Å². The number of carbonyl (C=O) groups is 2. The number of halogens is 2. The highest BCUT2D eigenvalue weighted by atomic mass is 35.5. The molecule has 0 aliphatic rings. The SMILES string of the molecule is CC[C@@H](C(=O)NC(C)(C)C)N(Cc1c(Cl)cccc1Cl)C(=O)COc1cc(OC)cc(OC)c1. The van der Waals surface area contributed by atoms with E-state index in [1.165, 1.54) is 19.1 Å². The second-order valence-electron chi connectivity index (χ2n) is 8.72. The summed E-state index contributed by atoms with van der Waals surface area (Å²) in [5.41, 5.74) is 0.0961. The van der Waals surface area contributed by atoms with Gasteiger partial charge in [-0.3, -0.25) is 9.59 Å². The molecule has 0 bridgehead atoms. The van der Waals surface area contributed by atoms with Gasteiger partial charge >= 0.3 is 0 Å². The molecule has 0 aliphatic heterocycles. The molecule has 0 fully saturated rings. The van der Waals surface area contributed by atoms with Crippen LogP contribution in [-0.2, 0) is 16.1 Å². The summed E-state index contributed by atoms with van der Waals surface area (Å²) in [6, 6.07) is 9.36. The van der Waals surface area contributed by atoms with Crippen molar-refractivity contribution in [3.8, 4) is 17.2 Å². The molecule has 9 heteroatoms. The van der Waals surface area contributed by atoms with Crippen LogP contribution in [0.1, 0.15) is 39.7 Å². The lowest BCUT2D eigenvalue weighted by molar-refractivity contribution is -0.143. The van der Waals surface area contributed by atoms with E-state index in [0.29, 0.717) is 39.3 Å².